The summed E-state index contributed by atoms with van der Waals surface area (Å²) >= 11 is 0. The molecule has 0 aliphatic rings. The van der Waals surface area contributed by atoms with Crippen LogP contribution in [0.5, 0.6) is 0 Å². The number of amides is 2. The van der Waals surface area contributed by atoms with E-state index in [0.717, 1.165) is 5.56 Å². The Balaban J connectivity index is 2.00. The quantitative estimate of drug-likeness (QED) is 0.704. The highest BCUT2D eigenvalue weighted by atomic mass is 16.2. The molecule has 1 aromatic heterocycles. The number of carbonyl (C=O) groups is 2. The Kier molecular flexibility index (Phi) is 3.95. The summed E-state index contributed by atoms with van der Waals surface area (Å²) in [5, 5.41) is 0. The normalized spacial score (nSPS) is 9.85. The Hall–Kier alpha value is -2.89. The fraction of sp³-hybridized carbons (Fsp3) is 0.0714. The minimum absolute atomic E-state index is 0.245. The zero-order chi connectivity index (χ0) is 14.5. The first-order chi connectivity index (χ1) is 9.58. The van der Waals surface area contributed by atoms with Crippen LogP contribution in [0.1, 0.15) is 26.3 Å². The van der Waals surface area contributed by atoms with Crippen LogP contribution in [-0.2, 0) is 0 Å². The van der Waals surface area contributed by atoms with Gasteiger partial charge in [-0.15, -0.1) is 0 Å². The summed E-state index contributed by atoms with van der Waals surface area (Å²) in [7, 11) is 0. The first-order valence-electron chi connectivity index (χ1n) is 5.93. The van der Waals surface area contributed by atoms with Crippen molar-refractivity contribution in [2.24, 2.45) is 0 Å². The maximum atomic E-state index is 11.9. The van der Waals surface area contributed by atoms with Gasteiger partial charge in [0.25, 0.3) is 11.8 Å². The topological polar surface area (TPSA) is 91.1 Å². The maximum absolute atomic E-state index is 11.9. The largest absolute Gasteiger partial charge is 0.328 e. The molecule has 6 heteroatoms. The van der Waals surface area contributed by atoms with Crippen molar-refractivity contribution >= 4 is 11.8 Å². The van der Waals surface area contributed by atoms with Crippen LogP contribution in [0.3, 0.4) is 0 Å². The molecule has 0 spiro atoms. The molecule has 2 rings (SSSR count). The van der Waals surface area contributed by atoms with Gasteiger partial charge in [0.2, 0.25) is 5.56 Å². The summed E-state index contributed by atoms with van der Waals surface area (Å²) in [5.41, 5.74) is 5.84. The van der Waals surface area contributed by atoms with Gasteiger partial charge < -0.3 is 4.98 Å². The number of nitrogens with one attached hydrogen (secondary N) is 3. The molecule has 0 unspecified atom stereocenters. The molecule has 0 radical (unpaired) electrons. The van der Waals surface area contributed by atoms with E-state index in [0.29, 0.717) is 5.56 Å². The third-order valence-electron chi connectivity index (χ3n) is 2.73. The lowest BCUT2D eigenvalue weighted by Crippen LogP contribution is -2.42. The number of benzene rings is 1. The van der Waals surface area contributed by atoms with Gasteiger partial charge >= 0.3 is 0 Å². The zero-order valence-corrected chi connectivity index (χ0v) is 10.8. The molecule has 3 N–H and O–H groups in total. The zero-order valence-electron chi connectivity index (χ0n) is 10.8. The van der Waals surface area contributed by atoms with Crippen LogP contribution in [0.15, 0.2) is 47.4 Å². The monoisotopic (exact) mass is 271 g/mol. The van der Waals surface area contributed by atoms with Crippen molar-refractivity contribution in [1.82, 2.24) is 15.8 Å². The van der Waals surface area contributed by atoms with E-state index in [2.05, 4.69) is 15.8 Å². The van der Waals surface area contributed by atoms with Gasteiger partial charge in [0, 0.05) is 17.8 Å². The van der Waals surface area contributed by atoms with E-state index < -0.39 is 11.8 Å². The Morgan fingerprint density at radius 3 is 2.35 bits per heavy atom. The first kappa shape index (κ1) is 13.5. The Labute approximate surface area is 114 Å². The van der Waals surface area contributed by atoms with Crippen LogP contribution >= 0.6 is 0 Å². The van der Waals surface area contributed by atoms with Crippen molar-refractivity contribution < 1.29 is 9.59 Å². The number of rotatable bonds is 2. The van der Waals surface area contributed by atoms with Crippen molar-refractivity contribution in [3.05, 3.63) is 69.6 Å². The molecule has 0 fully saturated rings. The van der Waals surface area contributed by atoms with Gasteiger partial charge in [-0.3, -0.25) is 25.2 Å². The molecule has 1 heterocycles. The summed E-state index contributed by atoms with van der Waals surface area (Å²) in [6.07, 6.45) is 1.28. The van der Waals surface area contributed by atoms with Crippen molar-refractivity contribution in [2.45, 2.75) is 6.92 Å². The number of aromatic nitrogens is 1. The highest BCUT2D eigenvalue weighted by Crippen LogP contribution is 2.05. The number of H-pyrrole nitrogens is 1. The maximum Gasteiger partial charge on any atom is 0.271 e. The molecule has 0 saturated carbocycles. The minimum Gasteiger partial charge on any atom is -0.328 e. The summed E-state index contributed by atoms with van der Waals surface area (Å²) in [6, 6.07) is 9.64. The average molecular weight is 271 g/mol. The highest BCUT2D eigenvalue weighted by Gasteiger charge is 2.10. The van der Waals surface area contributed by atoms with Gasteiger partial charge in [0.05, 0.1) is 5.56 Å². The molecule has 1 aromatic carbocycles. The molecule has 0 saturated heterocycles. The average Bonchev–Trinajstić information content (AvgIpc) is 2.45. The number of pyridine rings is 1. The number of aromatic amines is 1. The van der Waals surface area contributed by atoms with Crippen molar-refractivity contribution in [3.8, 4) is 0 Å². The van der Waals surface area contributed by atoms with Gasteiger partial charge in [0.15, 0.2) is 0 Å². The number of hydrazine groups is 1. The third kappa shape index (κ3) is 3.11. The Morgan fingerprint density at radius 2 is 1.70 bits per heavy atom. The van der Waals surface area contributed by atoms with E-state index in [9.17, 15) is 14.4 Å². The molecule has 0 bridgehead atoms. The van der Waals surface area contributed by atoms with Crippen LogP contribution in [0.4, 0.5) is 0 Å². The Bertz CT molecular complexity index is 686. The molecule has 0 aliphatic heterocycles. The molecule has 0 atom stereocenters. The fourth-order valence-corrected chi connectivity index (χ4v) is 1.63. The standard InChI is InChI=1S/C14H13N3O3/c1-9-4-2-3-5-11(9)14(20)17-16-13(19)10-6-7-12(18)15-8-10/h2-8H,1H3,(H,15,18)(H,16,19)(H,17,20). The van der Waals surface area contributed by atoms with Gasteiger partial charge in [-0.05, 0) is 24.6 Å². The number of hydrogen-bond acceptors (Lipinski definition) is 3. The molecule has 2 amide bonds. The molecular weight excluding hydrogens is 258 g/mol. The second-order valence-electron chi connectivity index (χ2n) is 4.16. The highest BCUT2D eigenvalue weighted by molar-refractivity contribution is 5.99. The summed E-state index contributed by atoms with van der Waals surface area (Å²) in [5.74, 6) is -0.913. The second kappa shape index (κ2) is 5.83. The predicted octanol–water partition coefficient (Wildman–Crippen LogP) is 0.758. The van der Waals surface area contributed by atoms with E-state index >= 15 is 0 Å². The Morgan fingerprint density at radius 1 is 1.00 bits per heavy atom. The number of hydrogen-bond donors (Lipinski definition) is 3. The first-order valence-corrected chi connectivity index (χ1v) is 5.93. The van der Waals surface area contributed by atoms with Crippen LogP contribution < -0.4 is 16.4 Å². The molecule has 2 aromatic rings. The summed E-state index contributed by atoms with van der Waals surface area (Å²) < 4.78 is 0. The van der Waals surface area contributed by atoms with Crippen LogP contribution in [0.2, 0.25) is 0 Å². The van der Waals surface area contributed by atoms with Crippen molar-refractivity contribution in [2.75, 3.05) is 0 Å². The number of aryl methyl sites for hydroxylation is 1. The lowest BCUT2D eigenvalue weighted by molar-refractivity contribution is 0.0846. The van der Waals surface area contributed by atoms with E-state index in [4.69, 9.17) is 0 Å². The molecule has 6 nitrogen and oxygen atoms in total. The molecule has 0 aliphatic carbocycles. The molecular formula is C14H13N3O3. The molecule has 102 valence electrons. The van der Waals surface area contributed by atoms with E-state index in [1.165, 1.54) is 18.3 Å². The smallest absolute Gasteiger partial charge is 0.271 e. The minimum atomic E-state index is -0.511. The summed E-state index contributed by atoms with van der Waals surface area (Å²) in [6.45, 7) is 1.80. The third-order valence-corrected chi connectivity index (χ3v) is 2.73. The fourth-order valence-electron chi connectivity index (χ4n) is 1.63. The van der Waals surface area contributed by atoms with E-state index in [1.54, 1.807) is 25.1 Å². The second-order valence-corrected chi connectivity index (χ2v) is 4.16. The van der Waals surface area contributed by atoms with Crippen LogP contribution in [0, 0.1) is 6.92 Å². The predicted molar refractivity (Wildman–Crippen MR) is 73.2 cm³/mol. The SMILES string of the molecule is Cc1ccccc1C(=O)NNC(=O)c1ccc(=O)[nH]c1. The molecule has 20 heavy (non-hydrogen) atoms. The van der Waals surface area contributed by atoms with E-state index in [-0.39, 0.29) is 11.1 Å². The van der Waals surface area contributed by atoms with Gasteiger partial charge in [-0.1, -0.05) is 18.2 Å². The van der Waals surface area contributed by atoms with E-state index in [1.807, 2.05) is 6.07 Å². The van der Waals surface area contributed by atoms with Crippen molar-refractivity contribution in [3.63, 3.8) is 0 Å². The van der Waals surface area contributed by atoms with Crippen LogP contribution in [0.25, 0.3) is 0 Å². The van der Waals surface area contributed by atoms with Gasteiger partial charge in [0.1, 0.15) is 0 Å². The van der Waals surface area contributed by atoms with Crippen LogP contribution in [-0.4, -0.2) is 16.8 Å². The van der Waals surface area contributed by atoms with Gasteiger partial charge in [-0.25, -0.2) is 0 Å². The lowest BCUT2D eigenvalue weighted by Gasteiger charge is -2.08. The van der Waals surface area contributed by atoms with Gasteiger partial charge in [-0.2, -0.15) is 0 Å². The number of carbonyl (C=O) groups excluding carboxylic acids is 2. The van der Waals surface area contributed by atoms with Crippen molar-refractivity contribution in [1.29, 1.82) is 0 Å². The summed E-state index contributed by atoms with van der Waals surface area (Å²) in [4.78, 5) is 36.9. The lowest BCUT2D eigenvalue weighted by atomic mass is 10.1.